The van der Waals surface area contributed by atoms with Crippen molar-refractivity contribution >= 4 is 11.9 Å². The Morgan fingerprint density at radius 3 is 2.85 bits per heavy atom. The molecule has 0 radical (unpaired) electrons. The van der Waals surface area contributed by atoms with Crippen molar-refractivity contribution in [3.63, 3.8) is 0 Å². The van der Waals surface area contributed by atoms with E-state index < -0.39 is 0 Å². The normalized spacial score (nSPS) is 26.4. The number of hydrogen-bond donors (Lipinski definition) is 1. The summed E-state index contributed by atoms with van der Waals surface area (Å²) in [6.45, 7) is 4.42. The molecule has 1 unspecified atom stereocenters. The minimum Gasteiger partial charge on any atom is -0.381 e. The number of ether oxygens (including phenoxy) is 1. The van der Waals surface area contributed by atoms with Crippen LogP contribution in [0.25, 0.3) is 0 Å². The number of hydrogen-bond acceptors (Lipinski definition) is 3. The van der Waals surface area contributed by atoms with E-state index in [1.165, 1.54) is 6.42 Å². The molecule has 2 aliphatic rings. The first-order chi connectivity index (χ1) is 9.56. The van der Waals surface area contributed by atoms with Crippen LogP contribution in [0.5, 0.6) is 0 Å². The summed E-state index contributed by atoms with van der Waals surface area (Å²) in [6.07, 6.45) is 2.82. The summed E-state index contributed by atoms with van der Waals surface area (Å²) in [5.41, 5.74) is 0.330. The van der Waals surface area contributed by atoms with Gasteiger partial charge in [0, 0.05) is 59.2 Å². The Morgan fingerprint density at radius 1 is 1.45 bits per heavy atom. The quantitative estimate of drug-likeness (QED) is 0.591. The second kappa shape index (κ2) is 6.43. The molecule has 1 amide bonds. The molecule has 0 saturated carbocycles. The second-order valence-electron chi connectivity index (χ2n) is 5.99. The van der Waals surface area contributed by atoms with Gasteiger partial charge in [0.25, 0.3) is 0 Å². The molecule has 20 heavy (non-hydrogen) atoms. The Labute approximate surface area is 121 Å². The highest BCUT2D eigenvalue weighted by Crippen LogP contribution is 2.38. The van der Waals surface area contributed by atoms with Crippen molar-refractivity contribution in [3.8, 4) is 0 Å². The van der Waals surface area contributed by atoms with Gasteiger partial charge >= 0.3 is 0 Å². The molecular formula is C14H26N4O2. The molecule has 1 spiro atoms. The molecule has 2 aliphatic heterocycles. The molecule has 1 N–H and O–H groups in total. The van der Waals surface area contributed by atoms with Gasteiger partial charge in [-0.3, -0.25) is 9.79 Å². The number of nitrogens with one attached hydrogen (secondary N) is 1. The zero-order valence-electron chi connectivity index (χ0n) is 12.8. The van der Waals surface area contributed by atoms with Gasteiger partial charge in [-0.25, -0.2) is 0 Å². The van der Waals surface area contributed by atoms with Gasteiger partial charge in [0.2, 0.25) is 5.91 Å². The third-order valence-corrected chi connectivity index (χ3v) is 4.26. The Bertz CT molecular complexity index is 375. The monoisotopic (exact) mass is 282 g/mol. The molecule has 114 valence electrons. The Kier molecular flexibility index (Phi) is 4.86. The molecule has 6 heteroatoms. The van der Waals surface area contributed by atoms with E-state index in [2.05, 4.69) is 15.2 Å². The number of rotatable bonds is 3. The zero-order chi connectivity index (χ0) is 14.6. The van der Waals surface area contributed by atoms with Gasteiger partial charge in [-0.1, -0.05) is 0 Å². The summed E-state index contributed by atoms with van der Waals surface area (Å²) >= 11 is 0. The lowest BCUT2D eigenvalue weighted by Gasteiger charge is -2.25. The van der Waals surface area contributed by atoms with Crippen molar-refractivity contribution in [1.82, 2.24) is 15.1 Å². The Balaban J connectivity index is 1.80. The molecule has 2 saturated heterocycles. The van der Waals surface area contributed by atoms with E-state index in [9.17, 15) is 4.79 Å². The largest absolute Gasteiger partial charge is 0.381 e. The second-order valence-corrected chi connectivity index (χ2v) is 5.99. The van der Waals surface area contributed by atoms with E-state index in [0.717, 1.165) is 38.7 Å². The summed E-state index contributed by atoms with van der Waals surface area (Å²) in [5, 5.41) is 3.29. The van der Waals surface area contributed by atoms with Gasteiger partial charge in [0.05, 0.1) is 6.61 Å². The highest BCUT2D eigenvalue weighted by atomic mass is 16.5. The number of carbonyl (C=O) groups excluding carboxylic acids is 1. The van der Waals surface area contributed by atoms with Crippen LogP contribution in [0, 0.1) is 5.41 Å². The smallest absolute Gasteiger partial charge is 0.223 e. The molecular weight excluding hydrogens is 256 g/mol. The van der Waals surface area contributed by atoms with E-state index in [4.69, 9.17) is 4.74 Å². The molecule has 0 aromatic heterocycles. The van der Waals surface area contributed by atoms with Crippen molar-refractivity contribution in [3.05, 3.63) is 0 Å². The predicted octanol–water partition coefficient (Wildman–Crippen LogP) is 0.153. The number of guanidine groups is 1. The fraction of sp³-hybridized carbons (Fsp3) is 0.857. The first kappa shape index (κ1) is 15.1. The van der Waals surface area contributed by atoms with Crippen LogP contribution in [0.15, 0.2) is 4.99 Å². The standard InChI is InChI=1S/C14H26N4O2/c1-15-13(16-7-4-12(19)17(2)3)18-8-5-14(10-18)6-9-20-11-14/h4-11H2,1-3H3,(H,15,16). The molecule has 2 fully saturated rings. The highest BCUT2D eigenvalue weighted by Gasteiger charge is 2.42. The highest BCUT2D eigenvalue weighted by molar-refractivity contribution is 5.81. The molecule has 2 heterocycles. The molecule has 0 aliphatic carbocycles. The maximum atomic E-state index is 11.6. The minimum atomic E-state index is 0.134. The van der Waals surface area contributed by atoms with Gasteiger partial charge in [0.1, 0.15) is 0 Å². The third kappa shape index (κ3) is 3.42. The number of likely N-dealkylation sites (tertiary alicyclic amines) is 1. The lowest BCUT2D eigenvalue weighted by molar-refractivity contribution is -0.128. The van der Waals surface area contributed by atoms with Crippen molar-refractivity contribution in [1.29, 1.82) is 0 Å². The minimum absolute atomic E-state index is 0.134. The van der Waals surface area contributed by atoms with Crippen LogP contribution in [0.2, 0.25) is 0 Å². The van der Waals surface area contributed by atoms with Crippen LogP contribution < -0.4 is 5.32 Å². The van der Waals surface area contributed by atoms with Crippen molar-refractivity contribution in [2.45, 2.75) is 19.3 Å². The molecule has 0 aromatic rings. The van der Waals surface area contributed by atoms with Gasteiger partial charge < -0.3 is 19.9 Å². The first-order valence-corrected chi connectivity index (χ1v) is 7.30. The Morgan fingerprint density at radius 2 is 2.25 bits per heavy atom. The summed E-state index contributed by atoms with van der Waals surface area (Å²) in [6, 6.07) is 0. The van der Waals surface area contributed by atoms with Crippen LogP contribution in [0.1, 0.15) is 19.3 Å². The summed E-state index contributed by atoms with van der Waals surface area (Å²) in [5.74, 6) is 1.04. The SMILES string of the molecule is CN=C(NCCC(=O)N(C)C)N1CCC2(CCOC2)C1. The molecule has 0 aromatic carbocycles. The van der Waals surface area contributed by atoms with E-state index in [-0.39, 0.29) is 5.91 Å². The lowest BCUT2D eigenvalue weighted by Crippen LogP contribution is -2.42. The average molecular weight is 282 g/mol. The van der Waals surface area contributed by atoms with E-state index in [0.29, 0.717) is 18.4 Å². The van der Waals surface area contributed by atoms with Gasteiger partial charge in [-0.05, 0) is 12.8 Å². The third-order valence-electron chi connectivity index (χ3n) is 4.26. The fourth-order valence-electron chi connectivity index (χ4n) is 2.92. The topological polar surface area (TPSA) is 57.2 Å². The number of amides is 1. The predicted molar refractivity (Wildman–Crippen MR) is 78.7 cm³/mol. The van der Waals surface area contributed by atoms with E-state index in [1.54, 1.807) is 26.0 Å². The summed E-state index contributed by atoms with van der Waals surface area (Å²) in [4.78, 5) is 19.8. The summed E-state index contributed by atoms with van der Waals surface area (Å²) < 4.78 is 5.55. The van der Waals surface area contributed by atoms with Crippen LogP contribution in [-0.2, 0) is 9.53 Å². The maximum Gasteiger partial charge on any atom is 0.223 e. The average Bonchev–Trinajstić information content (AvgIpc) is 3.05. The zero-order valence-corrected chi connectivity index (χ0v) is 12.8. The van der Waals surface area contributed by atoms with Crippen molar-refractivity contribution in [2.75, 3.05) is 54.0 Å². The van der Waals surface area contributed by atoms with Gasteiger partial charge in [0.15, 0.2) is 5.96 Å². The summed E-state index contributed by atoms with van der Waals surface area (Å²) in [7, 11) is 5.36. The van der Waals surface area contributed by atoms with Crippen LogP contribution in [-0.4, -0.2) is 75.7 Å². The first-order valence-electron chi connectivity index (χ1n) is 7.30. The van der Waals surface area contributed by atoms with E-state index in [1.807, 2.05) is 0 Å². The molecule has 6 nitrogen and oxygen atoms in total. The van der Waals surface area contributed by atoms with Crippen molar-refractivity contribution < 1.29 is 9.53 Å². The van der Waals surface area contributed by atoms with Crippen LogP contribution >= 0.6 is 0 Å². The van der Waals surface area contributed by atoms with Gasteiger partial charge in [-0.15, -0.1) is 0 Å². The molecule has 1 atom stereocenters. The van der Waals surface area contributed by atoms with E-state index >= 15 is 0 Å². The maximum absolute atomic E-state index is 11.6. The van der Waals surface area contributed by atoms with Crippen LogP contribution in [0.3, 0.4) is 0 Å². The fourth-order valence-corrected chi connectivity index (χ4v) is 2.92. The number of nitrogens with zero attached hydrogens (tertiary/aromatic N) is 3. The molecule has 2 rings (SSSR count). The van der Waals surface area contributed by atoms with Crippen molar-refractivity contribution in [2.24, 2.45) is 10.4 Å². The van der Waals surface area contributed by atoms with Crippen LogP contribution in [0.4, 0.5) is 0 Å². The Hall–Kier alpha value is -1.30. The lowest BCUT2D eigenvalue weighted by atomic mass is 9.87. The number of aliphatic imine (C=N–C) groups is 1. The number of carbonyl (C=O) groups is 1. The van der Waals surface area contributed by atoms with Gasteiger partial charge in [-0.2, -0.15) is 0 Å². The molecule has 0 bridgehead atoms.